The highest BCUT2D eigenvalue weighted by atomic mass is 35.6. The molecule has 11 heteroatoms. The van der Waals surface area contributed by atoms with Crippen LogP contribution in [0.2, 0.25) is 0 Å². The monoisotopic (exact) mass is 451 g/mol. The number of hydrogen-bond acceptors (Lipinski definition) is 5. The zero-order valence-corrected chi connectivity index (χ0v) is 16.6. The van der Waals surface area contributed by atoms with Gasteiger partial charge < -0.3 is 4.74 Å². The van der Waals surface area contributed by atoms with Gasteiger partial charge in [-0.15, -0.1) is 0 Å². The summed E-state index contributed by atoms with van der Waals surface area (Å²) in [6.45, 7) is 0. The van der Waals surface area contributed by atoms with E-state index in [2.05, 4.69) is 15.0 Å². The minimum atomic E-state index is -1.87. The van der Waals surface area contributed by atoms with Crippen molar-refractivity contribution in [2.75, 3.05) is 7.11 Å². The number of alkyl halides is 6. The molecule has 0 spiro atoms. The van der Waals surface area contributed by atoms with Crippen LogP contribution in [0.1, 0.15) is 11.6 Å². The predicted octanol–water partition coefficient (Wildman–Crippen LogP) is 5.68. The lowest BCUT2D eigenvalue weighted by Crippen LogP contribution is -2.16. The summed E-state index contributed by atoms with van der Waals surface area (Å²) < 4.78 is 1.35. The van der Waals surface area contributed by atoms with E-state index in [1.807, 2.05) is 12.1 Å². The second kappa shape index (κ2) is 7.56. The largest absolute Gasteiger partial charge is 0.497 e. The Labute approximate surface area is 166 Å². The third-order valence-electron chi connectivity index (χ3n) is 2.39. The highest BCUT2D eigenvalue weighted by molar-refractivity contribution is 7.99. The molecular formula is C12H7Cl6N3OS. The molecule has 0 radical (unpaired) electrons. The lowest BCUT2D eigenvalue weighted by molar-refractivity contribution is 0.414. The normalized spacial score (nSPS) is 12.3. The highest BCUT2D eigenvalue weighted by Gasteiger charge is 2.33. The average molecular weight is 454 g/mol. The molecule has 23 heavy (non-hydrogen) atoms. The Kier molecular flexibility index (Phi) is 6.39. The van der Waals surface area contributed by atoms with Crippen molar-refractivity contribution in [2.45, 2.75) is 17.6 Å². The SMILES string of the molecule is COc1ccc(Sc2nc(C(Cl)(Cl)Cl)nc(C(Cl)(Cl)Cl)n2)cc1. The van der Waals surface area contributed by atoms with E-state index in [0.29, 0.717) is 5.75 Å². The summed E-state index contributed by atoms with van der Waals surface area (Å²) in [5.41, 5.74) is 0. The highest BCUT2D eigenvalue weighted by Crippen LogP contribution is 2.41. The van der Waals surface area contributed by atoms with Crippen LogP contribution < -0.4 is 4.74 Å². The van der Waals surface area contributed by atoms with Gasteiger partial charge in [-0.05, 0) is 36.0 Å². The molecule has 0 saturated heterocycles. The van der Waals surface area contributed by atoms with E-state index < -0.39 is 7.59 Å². The lowest BCUT2D eigenvalue weighted by atomic mass is 10.3. The van der Waals surface area contributed by atoms with E-state index in [1.54, 1.807) is 19.2 Å². The van der Waals surface area contributed by atoms with Gasteiger partial charge >= 0.3 is 0 Å². The standard InChI is InChI=1S/C12H7Cl6N3OS/c1-22-6-2-4-7(5-3-6)23-10-20-8(11(13,14)15)19-9(21-10)12(16,17)18/h2-5H,1H3. The van der Waals surface area contributed by atoms with Gasteiger partial charge in [0.2, 0.25) is 7.59 Å². The fourth-order valence-corrected chi connectivity index (χ4v) is 2.66. The Morgan fingerprint density at radius 2 is 1.30 bits per heavy atom. The first-order valence-electron chi connectivity index (χ1n) is 5.82. The number of aromatic nitrogens is 3. The second-order valence-corrected chi connectivity index (χ2v) is 9.64. The summed E-state index contributed by atoms with van der Waals surface area (Å²) >= 11 is 36.1. The van der Waals surface area contributed by atoms with Crippen LogP contribution in [0.3, 0.4) is 0 Å². The molecule has 1 aromatic carbocycles. The molecule has 1 heterocycles. The summed E-state index contributed by atoms with van der Waals surface area (Å²) in [4.78, 5) is 12.9. The van der Waals surface area contributed by atoms with E-state index in [0.717, 1.165) is 4.90 Å². The summed E-state index contributed by atoms with van der Waals surface area (Å²) in [6.07, 6.45) is 0. The second-order valence-electron chi connectivity index (χ2n) is 4.04. The van der Waals surface area contributed by atoms with Crippen molar-refractivity contribution in [1.29, 1.82) is 0 Å². The van der Waals surface area contributed by atoms with Crippen LogP contribution in [0.25, 0.3) is 0 Å². The van der Waals surface area contributed by atoms with Crippen molar-refractivity contribution in [3.8, 4) is 5.75 Å². The first-order chi connectivity index (χ1) is 10.6. The molecule has 0 N–H and O–H groups in total. The fourth-order valence-electron chi connectivity index (χ4n) is 1.40. The third kappa shape index (κ3) is 5.56. The number of halogens is 6. The number of hydrogen-bond donors (Lipinski definition) is 0. The minimum Gasteiger partial charge on any atom is -0.497 e. The summed E-state index contributed by atoms with van der Waals surface area (Å²) in [5, 5.41) is 0.229. The number of benzene rings is 1. The molecule has 0 unspecified atom stereocenters. The Morgan fingerprint density at radius 3 is 1.70 bits per heavy atom. The number of rotatable bonds is 3. The number of nitrogens with zero attached hydrogens (tertiary/aromatic N) is 3. The van der Waals surface area contributed by atoms with Gasteiger partial charge in [0.15, 0.2) is 16.8 Å². The average Bonchev–Trinajstić information content (AvgIpc) is 2.46. The van der Waals surface area contributed by atoms with Crippen molar-refractivity contribution < 1.29 is 4.74 Å². The summed E-state index contributed by atoms with van der Waals surface area (Å²) in [7, 11) is 1.58. The van der Waals surface area contributed by atoms with Crippen molar-refractivity contribution in [1.82, 2.24) is 15.0 Å². The van der Waals surface area contributed by atoms with Gasteiger partial charge in [-0.25, -0.2) is 15.0 Å². The van der Waals surface area contributed by atoms with Gasteiger partial charge in [0, 0.05) is 4.90 Å². The summed E-state index contributed by atoms with van der Waals surface area (Å²) in [6, 6.07) is 7.21. The molecule has 0 bridgehead atoms. The zero-order chi connectivity index (χ0) is 17.3. The maximum Gasteiger partial charge on any atom is 0.250 e. The lowest BCUT2D eigenvalue weighted by Gasteiger charge is -2.15. The molecule has 0 aliphatic rings. The third-order valence-corrected chi connectivity index (χ3v) is 4.28. The van der Waals surface area contributed by atoms with Crippen LogP contribution in [-0.4, -0.2) is 22.1 Å². The van der Waals surface area contributed by atoms with Gasteiger partial charge in [-0.2, -0.15) is 0 Å². The van der Waals surface area contributed by atoms with Crippen LogP contribution >= 0.6 is 81.4 Å². The van der Waals surface area contributed by atoms with Crippen molar-refractivity contribution in [2.24, 2.45) is 0 Å². The van der Waals surface area contributed by atoms with Gasteiger partial charge in [0.25, 0.3) is 0 Å². The summed E-state index contributed by atoms with van der Waals surface area (Å²) in [5.74, 6) is 0.457. The van der Waals surface area contributed by atoms with Crippen LogP contribution in [0.4, 0.5) is 0 Å². The van der Waals surface area contributed by atoms with E-state index in [-0.39, 0.29) is 16.8 Å². The molecule has 0 aliphatic heterocycles. The molecule has 0 aliphatic carbocycles. The smallest absolute Gasteiger partial charge is 0.250 e. The van der Waals surface area contributed by atoms with E-state index >= 15 is 0 Å². The topological polar surface area (TPSA) is 47.9 Å². The van der Waals surface area contributed by atoms with E-state index in [1.165, 1.54) is 11.8 Å². The van der Waals surface area contributed by atoms with Gasteiger partial charge in [0.05, 0.1) is 7.11 Å². The molecule has 4 nitrogen and oxygen atoms in total. The van der Waals surface area contributed by atoms with Gasteiger partial charge in [-0.1, -0.05) is 69.6 Å². The maximum atomic E-state index is 5.82. The van der Waals surface area contributed by atoms with Crippen molar-refractivity contribution in [3.63, 3.8) is 0 Å². The quantitative estimate of drug-likeness (QED) is 0.559. The van der Waals surface area contributed by atoms with Crippen LogP contribution in [0.5, 0.6) is 5.75 Å². The van der Waals surface area contributed by atoms with Crippen molar-refractivity contribution >= 4 is 81.4 Å². The van der Waals surface area contributed by atoms with Crippen LogP contribution in [0, 0.1) is 0 Å². The number of methoxy groups -OCH3 is 1. The molecule has 124 valence electrons. The molecular weight excluding hydrogens is 447 g/mol. The molecule has 2 rings (SSSR count). The Hall–Kier alpha value is 0.120. The Balaban J connectivity index is 2.40. The molecule has 0 fully saturated rings. The molecule has 0 saturated carbocycles. The van der Waals surface area contributed by atoms with E-state index in [9.17, 15) is 0 Å². The fraction of sp³-hybridized carbons (Fsp3) is 0.250. The minimum absolute atomic E-state index is 0.130. The Bertz CT molecular complexity index is 654. The predicted molar refractivity (Wildman–Crippen MR) is 95.4 cm³/mol. The first kappa shape index (κ1) is 19.4. The van der Waals surface area contributed by atoms with Gasteiger partial charge in [0.1, 0.15) is 5.75 Å². The molecule has 1 aromatic heterocycles. The molecule has 2 aromatic rings. The van der Waals surface area contributed by atoms with Gasteiger partial charge in [-0.3, -0.25) is 0 Å². The van der Waals surface area contributed by atoms with Crippen LogP contribution in [0.15, 0.2) is 34.3 Å². The number of ether oxygens (including phenoxy) is 1. The van der Waals surface area contributed by atoms with Crippen LogP contribution in [-0.2, 0) is 7.59 Å². The maximum absolute atomic E-state index is 5.82. The van der Waals surface area contributed by atoms with Crippen molar-refractivity contribution in [3.05, 3.63) is 35.9 Å². The first-order valence-corrected chi connectivity index (χ1v) is 8.90. The van der Waals surface area contributed by atoms with E-state index in [4.69, 9.17) is 74.3 Å². The molecule has 0 atom stereocenters. The Morgan fingerprint density at radius 1 is 0.826 bits per heavy atom. The molecule has 0 amide bonds. The zero-order valence-electron chi connectivity index (χ0n) is 11.2.